The van der Waals surface area contributed by atoms with Crippen LogP contribution in [-0.2, 0) is 9.53 Å². The Labute approximate surface area is 194 Å². The van der Waals surface area contributed by atoms with Crippen LogP contribution in [0.2, 0.25) is 0 Å². The smallest absolute Gasteiger partial charge is 0.306 e. The van der Waals surface area contributed by atoms with Gasteiger partial charge in [0, 0.05) is 6.42 Å². The summed E-state index contributed by atoms with van der Waals surface area (Å²) in [4.78, 5) is 20.8. The normalized spacial score (nSPS) is 18.8. The number of aromatic nitrogens is 4. The van der Waals surface area contributed by atoms with Crippen molar-refractivity contribution in [2.75, 3.05) is 7.11 Å². The van der Waals surface area contributed by atoms with E-state index in [9.17, 15) is 4.79 Å². The van der Waals surface area contributed by atoms with Crippen molar-refractivity contribution in [2.45, 2.75) is 70.9 Å². The average Bonchev–Trinajstić information content (AvgIpc) is 3.23. The summed E-state index contributed by atoms with van der Waals surface area (Å²) in [7, 11) is 1.63. The molecule has 3 aromatic rings. The number of methoxy groups -OCH3 is 1. The minimum Gasteiger partial charge on any atom is -0.497 e. The molecular weight excluding hydrogens is 420 g/mol. The molecule has 0 radical (unpaired) electrons. The zero-order valence-corrected chi connectivity index (χ0v) is 19.8. The van der Waals surface area contributed by atoms with Gasteiger partial charge in [-0.3, -0.25) is 4.79 Å². The van der Waals surface area contributed by atoms with Gasteiger partial charge in [0.1, 0.15) is 28.8 Å². The van der Waals surface area contributed by atoms with Crippen molar-refractivity contribution >= 4 is 17.0 Å². The van der Waals surface area contributed by atoms with E-state index in [1.807, 2.05) is 49.7 Å². The van der Waals surface area contributed by atoms with Crippen molar-refractivity contribution in [1.29, 1.82) is 0 Å². The summed E-state index contributed by atoms with van der Waals surface area (Å²) < 4.78 is 18.6. The molecule has 0 unspecified atom stereocenters. The van der Waals surface area contributed by atoms with Gasteiger partial charge in [-0.2, -0.15) is 5.10 Å². The number of carbonyl (C=O) groups excluding carboxylic acids is 1. The summed E-state index contributed by atoms with van der Waals surface area (Å²) in [5, 5.41) is 5.42. The Morgan fingerprint density at radius 2 is 1.76 bits per heavy atom. The largest absolute Gasteiger partial charge is 0.497 e. The Balaban J connectivity index is 1.37. The molecule has 1 aromatic carbocycles. The van der Waals surface area contributed by atoms with Crippen LogP contribution in [0.1, 0.15) is 65.3 Å². The molecule has 1 aliphatic rings. The van der Waals surface area contributed by atoms with Gasteiger partial charge >= 0.3 is 5.97 Å². The van der Waals surface area contributed by atoms with Gasteiger partial charge in [-0.15, -0.1) is 0 Å². The van der Waals surface area contributed by atoms with Crippen LogP contribution in [0.5, 0.6) is 17.4 Å². The van der Waals surface area contributed by atoms with E-state index in [1.54, 1.807) is 13.3 Å². The lowest BCUT2D eigenvalue weighted by atomic mass is 9.83. The molecule has 0 N–H and O–H groups in total. The predicted molar refractivity (Wildman–Crippen MR) is 124 cm³/mol. The lowest BCUT2D eigenvalue weighted by molar-refractivity contribution is -0.155. The van der Waals surface area contributed by atoms with E-state index < -0.39 is 5.60 Å². The van der Waals surface area contributed by atoms with Crippen LogP contribution < -0.4 is 9.47 Å². The number of rotatable bonds is 7. The molecule has 0 atom stereocenters. The number of hydrogen-bond donors (Lipinski definition) is 0. The summed E-state index contributed by atoms with van der Waals surface area (Å²) >= 11 is 0. The molecular formula is C25H32N4O4. The molecule has 2 heterocycles. The molecule has 1 aliphatic carbocycles. The van der Waals surface area contributed by atoms with E-state index in [2.05, 4.69) is 15.1 Å². The molecule has 176 valence electrons. The second-order valence-corrected chi connectivity index (χ2v) is 9.58. The molecule has 2 aromatic heterocycles. The first-order valence-electron chi connectivity index (χ1n) is 11.5. The Bertz CT molecular complexity index is 1080. The van der Waals surface area contributed by atoms with Gasteiger partial charge in [-0.05, 0) is 83.1 Å². The molecule has 4 rings (SSSR count). The average molecular weight is 453 g/mol. The number of carbonyl (C=O) groups is 1. The first kappa shape index (κ1) is 23.0. The number of hydrogen-bond acceptors (Lipinski definition) is 7. The molecule has 8 nitrogen and oxygen atoms in total. The second kappa shape index (κ2) is 9.77. The van der Waals surface area contributed by atoms with Crippen LogP contribution in [0.25, 0.3) is 11.0 Å². The zero-order valence-electron chi connectivity index (χ0n) is 19.8. The fraction of sp³-hybridized carbons (Fsp3) is 0.520. The van der Waals surface area contributed by atoms with Crippen molar-refractivity contribution in [3.8, 4) is 17.4 Å². The minimum atomic E-state index is -0.423. The molecule has 0 saturated heterocycles. The zero-order chi connectivity index (χ0) is 23.4. The topological polar surface area (TPSA) is 88.4 Å². The lowest BCUT2D eigenvalue weighted by Gasteiger charge is -2.29. The summed E-state index contributed by atoms with van der Waals surface area (Å²) in [5.74, 6) is 2.36. The molecule has 0 spiro atoms. The summed E-state index contributed by atoms with van der Waals surface area (Å²) in [5.41, 5.74) is 0.360. The van der Waals surface area contributed by atoms with Crippen molar-refractivity contribution in [1.82, 2.24) is 19.7 Å². The lowest BCUT2D eigenvalue weighted by Crippen LogP contribution is -2.25. The van der Waals surface area contributed by atoms with Gasteiger partial charge in [0.05, 0.1) is 19.3 Å². The van der Waals surface area contributed by atoms with Gasteiger partial charge in [-0.1, -0.05) is 0 Å². The maximum absolute atomic E-state index is 12.0. The Morgan fingerprint density at radius 1 is 1.06 bits per heavy atom. The van der Waals surface area contributed by atoms with Gasteiger partial charge < -0.3 is 14.2 Å². The van der Waals surface area contributed by atoms with Crippen molar-refractivity contribution in [3.63, 3.8) is 0 Å². The Kier molecular flexibility index (Phi) is 6.81. The standard InChI is InChI=1S/C25H32N4O4/c1-25(2,3)33-22(30)14-7-17-5-8-18(9-6-17)29-23-21(15-28-29)24(27-16-26-23)32-20-12-10-19(31-4)11-13-20/h10-13,15-18H,5-9,14H2,1-4H3. The third-order valence-electron chi connectivity index (χ3n) is 5.97. The molecule has 33 heavy (non-hydrogen) atoms. The number of nitrogens with zero attached hydrogens (tertiary/aromatic N) is 4. The maximum Gasteiger partial charge on any atom is 0.306 e. The first-order valence-corrected chi connectivity index (χ1v) is 11.5. The second-order valence-electron chi connectivity index (χ2n) is 9.58. The highest BCUT2D eigenvalue weighted by atomic mass is 16.6. The monoisotopic (exact) mass is 452 g/mol. The highest BCUT2D eigenvalue weighted by Crippen LogP contribution is 2.36. The molecule has 8 heteroatoms. The van der Waals surface area contributed by atoms with Crippen molar-refractivity contribution in [2.24, 2.45) is 5.92 Å². The molecule has 0 amide bonds. The fourth-order valence-corrected chi connectivity index (χ4v) is 4.34. The molecule has 1 fully saturated rings. The van der Waals surface area contributed by atoms with Crippen molar-refractivity contribution < 1.29 is 19.0 Å². The van der Waals surface area contributed by atoms with Crippen LogP contribution >= 0.6 is 0 Å². The van der Waals surface area contributed by atoms with E-state index in [-0.39, 0.29) is 12.0 Å². The van der Waals surface area contributed by atoms with Gasteiger partial charge in [0.15, 0.2) is 5.65 Å². The highest BCUT2D eigenvalue weighted by Gasteiger charge is 2.26. The Morgan fingerprint density at radius 3 is 2.42 bits per heavy atom. The van der Waals surface area contributed by atoms with E-state index in [4.69, 9.17) is 14.2 Å². The quantitative estimate of drug-likeness (QED) is 0.439. The summed E-state index contributed by atoms with van der Waals surface area (Å²) in [6.45, 7) is 5.71. The molecule has 1 saturated carbocycles. The Hall–Kier alpha value is -3.16. The SMILES string of the molecule is COc1ccc(Oc2ncnc3c2cnn3C2CCC(CCC(=O)OC(C)(C)C)CC2)cc1. The van der Waals surface area contributed by atoms with Crippen LogP contribution in [0, 0.1) is 5.92 Å². The molecule has 0 aliphatic heterocycles. The molecule has 0 bridgehead atoms. The third-order valence-corrected chi connectivity index (χ3v) is 5.97. The van der Waals surface area contributed by atoms with E-state index in [0.717, 1.165) is 48.9 Å². The van der Waals surface area contributed by atoms with E-state index >= 15 is 0 Å². The fourth-order valence-electron chi connectivity index (χ4n) is 4.34. The highest BCUT2D eigenvalue weighted by molar-refractivity contribution is 5.80. The number of fused-ring (bicyclic) bond motifs is 1. The minimum absolute atomic E-state index is 0.108. The number of esters is 1. The first-order chi connectivity index (χ1) is 15.8. The van der Waals surface area contributed by atoms with Gasteiger partial charge in [0.25, 0.3) is 0 Å². The summed E-state index contributed by atoms with van der Waals surface area (Å²) in [6.07, 6.45) is 8.81. The van der Waals surface area contributed by atoms with Crippen LogP contribution in [-0.4, -0.2) is 38.4 Å². The summed E-state index contributed by atoms with van der Waals surface area (Å²) in [6, 6.07) is 7.66. The van der Waals surface area contributed by atoms with Crippen molar-refractivity contribution in [3.05, 3.63) is 36.8 Å². The van der Waals surface area contributed by atoms with Crippen LogP contribution in [0.4, 0.5) is 0 Å². The van der Waals surface area contributed by atoms with Gasteiger partial charge in [-0.25, -0.2) is 14.6 Å². The predicted octanol–water partition coefficient (Wildman–Crippen LogP) is 5.48. The van der Waals surface area contributed by atoms with Crippen LogP contribution in [0.3, 0.4) is 0 Å². The number of benzene rings is 1. The van der Waals surface area contributed by atoms with E-state index in [0.29, 0.717) is 24.0 Å². The van der Waals surface area contributed by atoms with E-state index in [1.165, 1.54) is 6.33 Å². The third kappa shape index (κ3) is 5.80. The number of ether oxygens (including phenoxy) is 3. The van der Waals surface area contributed by atoms with Gasteiger partial charge in [0.2, 0.25) is 5.88 Å². The maximum atomic E-state index is 12.0. The van der Waals surface area contributed by atoms with Crippen LogP contribution in [0.15, 0.2) is 36.8 Å².